The summed E-state index contributed by atoms with van der Waals surface area (Å²) in [6.45, 7) is 2.35. The van der Waals surface area contributed by atoms with E-state index in [1.165, 1.54) is 37.8 Å². The molecule has 1 fully saturated rings. The predicted molar refractivity (Wildman–Crippen MR) is 76.9 cm³/mol. The summed E-state index contributed by atoms with van der Waals surface area (Å²) in [5.74, 6) is 0. The first-order valence-electron chi connectivity index (χ1n) is 6.82. The first-order chi connectivity index (χ1) is 7.05. The Bertz CT molecular complexity index is 168. The van der Waals surface area contributed by atoms with E-state index >= 15 is 0 Å². The van der Waals surface area contributed by atoms with Gasteiger partial charge in [-0.05, 0) is 0 Å². The molecule has 2 heteroatoms. The zero-order valence-corrected chi connectivity index (χ0v) is 14.9. The van der Waals surface area contributed by atoms with Gasteiger partial charge in [0.2, 0.25) is 0 Å². The summed E-state index contributed by atoms with van der Waals surface area (Å²) < 4.78 is 0. The second-order valence-corrected chi connectivity index (χ2v) is 34.4. The van der Waals surface area contributed by atoms with E-state index < -0.39 is 17.8 Å². The predicted octanol–water partition coefficient (Wildman–Crippen LogP) is 5.44. The van der Waals surface area contributed by atoms with Gasteiger partial charge in [0.05, 0.1) is 0 Å². The fraction of sp³-hybridized carbons (Fsp3) is 1.00. The molecule has 0 radical (unpaired) electrons. The minimum atomic E-state index is -1.58. The normalized spacial score (nSPS) is 21.6. The van der Waals surface area contributed by atoms with E-state index in [4.69, 9.17) is 0 Å². The van der Waals surface area contributed by atoms with Crippen molar-refractivity contribution in [2.45, 2.75) is 72.3 Å². The van der Waals surface area contributed by atoms with Crippen LogP contribution >= 0.6 is 5.57 Å². The van der Waals surface area contributed by atoms with Crippen molar-refractivity contribution >= 4 is 23.4 Å². The maximum absolute atomic E-state index is 2.69. The fourth-order valence-electron chi connectivity index (χ4n) is 2.79. The van der Waals surface area contributed by atoms with Crippen LogP contribution in [0.1, 0.15) is 51.9 Å². The second-order valence-electron chi connectivity index (χ2n) is 6.01. The van der Waals surface area contributed by atoms with Gasteiger partial charge in [-0.3, -0.25) is 0 Å². The van der Waals surface area contributed by atoms with Gasteiger partial charge in [0, 0.05) is 0 Å². The van der Waals surface area contributed by atoms with Crippen LogP contribution in [-0.4, -0.2) is 29.6 Å². The number of hydrogen-bond acceptors (Lipinski definition) is 0. The van der Waals surface area contributed by atoms with E-state index in [9.17, 15) is 0 Å². The monoisotopic (exact) mass is 336 g/mol. The Morgan fingerprint density at radius 3 is 2.13 bits per heavy atom. The molecule has 90 valence electrons. The van der Waals surface area contributed by atoms with E-state index in [1.807, 2.05) is 0 Å². The van der Waals surface area contributed by atoms with Crippen LogP contribution in [0.5, 0.6) is 0 Å². The Hall–Kier alpha value is 1.23. The Labute approximate surface area is 102 Å². The summed E-state index contributed by atoms with van der Waals surface area (Å²) >= 11 is -1.58. The Balaban J connectivity index is 2.53. The molecule has 1 aliphatic carbocycles. The van der Waals surface area contributed by atoms with Gasteiger partial charge >= 0.3 is 102 Å². The van der Waals surface area contributed by atoms with Gasteiger partial charge in [-0.15, -0.1) is 0 Å². The van der Waals surface area contributed by atoms with Crippen LogP contribution in [0.3, 0.4) is 0 Å². The third-order valence-electron chi connectivity index (χ3n) is 3.63. The summed E-state index contributed by atoms with van der Waals surface area (Å²) in [7, 11) is 0. The molecule has 0 N–H and O–H groups in total. The molecule has 1 atom stereocenters. The third kappa shape index (κ3) is 4.94. The summed E-state index contributed by atoms with van der Waals surface area (Å²) in [4.78, 5) is 8.06. The molecule has 1 unspecified atom stereocenters. The van der Waals surface area contributed by atoms with Crippen molar-refractivity contribution in [2.75, 3.05) is 6.16 Å². The van der Waals surface area contributed by atoms with Crippen LogP contribution in [0.4, 0.5) is 0 Å². The summed E-state index contributed by atoms with van der Waals surface area (Å²) in [6, 6.07) is 0. The molecule has 1 aliphatic rings. The van der Waals surface area contributed by atoms with E-state index in [1.54, 1.807) is 19.0 Å². The number of unbranched alkanes of at least 4 members (excludes halogenated alkanes) is 1. The van der Waals surface area contributed by atoms with Crippen LogP contribution in [0.25, 0.3) is 0 Å². The second kappa shape index (κ2) is 6.84. The molecule has 0 spiro atoms. The van der Waals surface area contributed by atoms with E-state index in [0.717, 1.165) is 0 Å². The molecule has 0 heterocycles. The van der Waals surface area contributed by atoms with Crippen molar-refractivity contribution < 1.29 is 0 Å². The Kier molecular flexibility index (Phi) is 6.52. The zero-order valence-electron chi connectivity index (χ0n) is 11.2. The van der Waals surface area contributed by atoms with Gasteiger partial charge in [0.25, 0.3) is 0 Å². The third-order valence-corrected chi connectivity index (χ3v) is 27.3. The molecule has 0 amide bonds. The van der Waals surface area contributed by atoms with Crippen molar-refractivity contribution in [1.82, 2.24) is 0 Å². The van der Waals surface area contributed by atoms with Gasteiger partial charge in [-0.2, -0.15) is 0 Å². The molecular weight excluding hydrogens is 306 g/mol. The summed E-state index contributed by atoms with van der Waals surface area (Å²) in [6.07, 6.45) is 12.3. The van der Waals surface area contributed by atoms with Gasteiger partial charge in [0.1, 0.15) is 0 Å². The molecule has 0 aliphatic heterocycles. The van der Waals surface area contributed by atoms with E-state index in [2.05, 4.69) is 21.7 Å². The van der Waals surface area contributed by atoms with Crippen molar-refractivity contribution in [3.63, 3.8) is 0 Å². The van der Waals surface area contributed by atoms with Crippen molar-refractivity contribution in [3.8, 4) is 0 Å². The first kappa shape index (κ1) is 14.3. The molecule has 1 saturated carbocycles. The maximum atomic E-state index is 2.69. The molecule has 0 aromatic heterocycles. The molecule has 0 saturated heterocycles. The molecular formula is C13H29PSn. The fourth-order valence-corrected chi connectivity index (χ4v) is 25.3. The molecule has 1 rings (SSSR count). The van der Waals surface area contributed by atoms with Crippen molar-refractivity contribution in [1.29, 1.82) is 0 Å². The number of rotatable bonds is 5. The molecule has 15 heavy (non-hydrogen) atoms. The Morgan fingerprint density at radius 1 is 1.07 bits per heavy atom. The quantitative estimate of drug-likeness (QED) is 0.464. The topological polar surface area (TPSA) is 0 Å². The average Bonchev–Trinajstić information content (AvgIpc) is 2.18. The molecule has 0 bridgehead atoms. The summed E-state index contributed by atoms with van der Waals surface area (Å²) in [5, 5.41) is 0. The van der Waals surface area contributed by atoms with Crippen LogP contribution in [0, 0.1) is 0 Å². The summed E-state index contributed by atoms with van der Waals surface area (Å²) in [5.41, 5.74) is 1.68. The zero-order chi connectivity index (χ0) is 11.3. The molecule has 0 aromatic carbocycles. The van der Waals surface area contributed by atoms with Gasteiger partial charge in [0.15, 0.2) is 0 Å². The number of hydrogen-bond donors (Lipinski definition) is 0. The van der Waals surface area contributed by atoms with Crippen LogP contribution in [0.2, 0.25) is 14.8 Å². The molecule has 0 nitrogen and oxygen atoms in total. The van der Waals surface area contributed by atoms with E-state index in [0.29, 0.717) is 5.57 Å². The van der Waals surface area contributed by atoms with Gasteiger partial charge < -0.3 is 0 Å². The van der Waals surface area contributed by atoms with Crippen LogP contribution in [-0.2, 0) is 0 Å². The standard InChI is InChI=1S/C10H20P.3CH3.Sn/c1-2-3-9-11-10-7-5-4-6-8-10;;;;/h10H,2-9H2,1H3;3*1H3;/q-1;;;;+1. The van der Waals surface area contributed by atoms with Crippen LogP contribution < -0.4 is 0 Å². The molecule has 0 aromatic rings. The van der Waals surface area contributed by atoms with Gasteiger partial charge in [-0.25, -0.2) is 0 Å². The van der Waals surface area contributed by atoms with Gasteiger partial charge in [-0.1, -0.05) is 0 Å². The van der Waals surface area contributed by atoms with Crippen LogP contribution in [0.15, 0.2) is 0 Å². The SMILES string of the molecule is CCCC[P](C1CCCCC1)[Sn]([CH3])([CH3])[CH3]. The van der Waals surface area contributed by atoms with Crippen molar-refractivity contribution in [3.05, 3.63) is 0 Å². The van der Waals surface area contributed by atoms with E-state index in [-0.39, 0.29) is 0 Å². The minimum absolute atomic E-state index is 0.484. The Morgan fingerprint density at radius 2 is 1.67 bits per heavy atom. The van der Waals surface area contributed by atoms with Crippen molar-refractivity contribution in [2.24, 2.45) is 0 Å². The first-order valence-corrected chi connectivity index (χ1v) is 20.8. The average molecular weight is 335 g/mol.